The minimum absolute atomic E-state index is 0.0227. The second-order valence-electron chi connectivity index (χ2n) is 17.6. The SMILES string of the molecule is CN(C(=O)C12CC3OC(=O)C1N(Cc1ccc(C=CC4CCC5OC5C4)cc1)OC2C1OCOC31)C(Cc1ccccc1)C(=O)NC(CO)CCC(=O)OC(C)(C)C. The number of likely N-dealkylation sites (N-methyl/N-ethyl adjacent to an activating group) is 1. The number of epoxide rings is 1. The summed E-state index contributed by atoms with van der Waals surface area (Å²) in [5.41, 5.74) is 0.579. The zero-order valence-corrected chi connectivity index (χ0v) is 33.6. The van der Waals surface area contributed by atoms with E-state index < -0.39 is 83.9 Å². The minimum atomic E-state index is -1.47. The number of allylic oxidation sites excluding steroid dienone is 1. The summed E-state index contributed by atoms with van der Waals surface area (Å²) in [5.74, 6) is -1.53. The first-order valence-electron chi connectivity index (χ1n) is 20.6. The van der Waals surface area contributed by atoms with E-state index in [4.69, 9.17) is 28.5 Å². The van der Waals surface area contributed by atoms with Gasteiger partial charge in [0.2, 0.25) is 11.8 Å². The van der Waals surface area contributed by atoms with Crippen LogP contribution in [0.1, 0.15) is 76.0 Å². The lowest BCUT2D eigenvalue weighted by Gasteiger charge is -2.50. The molecule has 0 aromatic heterocycles. The summed E-state index contributed by atoms with van der Waals surface area (Å²) < 4.78 is 29.1. The largest absolute Gasteiger partial charge is 0.460 e. The van der Waals surface area contributed by atoms with Crippen LogP contribution in [0.4, 0.5) is 0 Å². The smallest absolute Gasteiger partial charge is 0.327 e. The number of hydrogen-bond acceptors (Lipinski definition) is 12. The normalized spacial score (nSPS) is 32.1. The second kappa shape index (κ2) is 16.5. The molecule has 2 saturated carbocycles. The Hall–Kier alpha value is -4.18. The summed E-state index contributed by atoms with van der Waals surface area (Å²) in [7, 11) is 1.56. The maximum atomic E-state index is 15.3. The lowest BCUT2D eigenvalue weighted by molar-refractivity contribution is -0.204. The number of ether oxygens (including phenoxy) is 5. The summed E-state index contributed by atoms with van der Waals surface area (Å²) in [5, 5.41) is 14.7. The fourth-order valence-corrected chi connectivity index (χ4v) is 9.49. The molecule has 2 aromatic carbocycles. The third-order valence-corrected chi connectivity index (χ3v) is 12.4. The molecule has 6 fully saturated rings. The molecule has 0 radical (unpaired) electrons. The van der Waals surface area contributed by atoms with Gasteiger partial charge in [-0.05, 0) is 69.1 Å². The highest BCUT2D eigenvalue weighted by atomic mass is 16.8. The number of carbonyl (C=O) groups excluding carboxylic acids is 4. The van der Waals surface area contributed by atoms with Gasteiger partial charge in [0.25, 0.3) is 0 Å². The van der Waals surface area contributed by atoms with Crippen molar-refractivity contribution in [2.24, 2.45) is 11.3 Å². The molecule has 11 atom stereocenters. The van der Waals surface area contributed by atoms with Crippen molar-refractivity contribution in [3.05, 3.63) is 77.4 Å². The highest BCUT2D eigenvalue weighted by molar-refractivity contribution is 5.96. The van der Waals surface area contributed by atoms with Gasteiger partial charge >= 0.3 is 11.9 Å². The number of rotatable bonds is 14. The van der Waals surface area contributed by atoms with Gasteiger partial charge in [-0.2, -0.15) is 5.06 Å². The van der Waals surface area contributed by atoms with E-state index in [2.05, 4.69) is 17.5 Å². The van der Waals surface area contributed by atoms with Crippen LogP contribution in [0.2, 0.25) is 0 Å². The van der Waals surface area contributed by atoms with Gasteiger partial charge < -0.3 is 39.0 Å². The molecule has 0 spiro atoms. The summed E-state index contributed by atoms with van der Waals surface area (Å²) >= 11 is 0. The first kappa shape index (κ1) is 40.6. The topological polar surface area (TPSA) is 166 Å². The molecule has 11 unspecified atom stereocenters. The molecule has 312 valence electrons. The number of fused-ring (bicyclic) bond motifs is 5. The van der Waals surface area contributed by atoms with E-state index in [9.17, 15) is 19.5 Å². The predicted molar refractivity (Wildman–Crippen MR) is 208 cm³/mol. The van der Waals surface area contributed by atoms with Gasteiger partial charge in [0, 0.05) is 26.3 Å². The Morgan fingerprint density at radius 1 is 1.02 bits per heavy atom. The van der Waals surface area contributed by atoms with Crippen LogP contribution in [0.5, 0.6) is 0 Å². The van der Waals surface area contributed by atoms with Gasteiger partial charge in [0.15, 0.2) is 6.04 Å². The van der Waals surface area contributed by atoms with E-state index in [1.165, 1.54) is 4.90 Å². The number of nitrogens with zero attached hydrogens (tertiary/aromatic N) is 2. The quantitative estimate of drug-likeness (QED) is 0.212. The average Bonchev–Trinajstić information content (AvgIpc) is 3.64. The van der Waals surface area contributed by atoms with Crippen molar-refractivity contribution in [3.63, 3.8) is 0 Å². The average molecular weight is 802 g/mol. The number of aliphatic hydroxyl groups is 1. The molecular weight excluding hydrogens is 746 g/mol. The summed E-state index contributed by atoms with van der Waals surface area (Å²) in [6.45, 7) is 5.03. The Bertz CT molecular complexity index is 1870. The van der Waals surface area contributed by atoms with E-state index in [1.807, 2.05) is 54.6 Å². The van der Waals surface area contributed by atoms with Crippen LogP contribution >= 0.6 is 0 Å². The van der Waals surface area contributed by atoms with Crippen LogP contribution < -0.4 is 5.32 Å². The molecule has 2 bridgehead atoms. The molecule has 2 aliphatic carbocycles. The minimum Gasteiger partial charge on any atom is -0.460 e. The Kier molecular flexibility index (Phi) is 11.5. The predicted octanol–water partition coefficient (Wildman–Crippen LogP) is 3.48. The van der Waals surface area contributed by atoms with Gasteiger partial charge in [-0.1, -0.05) is 66.7 Å². The monoisotopic (exact) mass is 801 g/mol. The van der Waals surface area contributed by atoms with Crippen molar-refractivity contribution in [1.29, 1.82) is 0 Å². The maximum absolute atomic E-state index is 15.3. The van der Waals surface area contributed by atoms with Gasteiger partial charge in [0.05, 0.1) is 31.4 Å². The summed E-state index contributed by atoms with van der Waals surface area (Å²) in [4.78, 5) is 64.3. The van der Waals surface area contributed by atoms with Crippen LogP contribution in [0.3, 0.4) is 0 Å². The molecule has 4 heterocycles. The maximum Gasteiger partial charge on any atom is 0.327 e. The van der Waals surface area contributed by atoms with Crippen molar-refractivity contribution in [2.45, 2.75) is 133 Å². The third kappa shape index (κ3) is 8.32. The molecule has 4 saturated heterocycles. The lowest BCUT2D eigenvalue weighted by Crippen LogP contribution is -2.70. The molecule has 58 heavy (non-hydrogen) atoms. The summed E-state index contributed by atoms with van der Waals surface area (Å²) in [6, 6.07) is 14.4. The standard InChI is InChI=1S/C44H55N3O11/c1-43(2,3)57-35(49)19-17-30(24-48)45-40(50)31(20-27-8-6-5-7-9-27)46(4)42(52)44-22-34-36-37(54-25-53-36)39(44)58-47(38(44)41(51)56-34)23-29-14-11-26(12-15-29)10-13-28-16-18-32-33(21-28)55-32/h5-15,28,30-34,36-39,48H,16-25H2,1-4H3,(H,45,50). The number of hydroxylamine groups is 2. The molecule has 6 aliphatic rings. The van der Waals surface area contributed by atoms with Gasteiger partial charge in [-0.3, -0.25) is 24.0 Å². The Morgan fingerprint density at radius 3 is 2.50 bits per heavy atom. The van der Waals surface area contributed by atoms with Gasteiger partial charge in [-0.15, -0.1) is 0 Å². The second-order valence-corrected chi connectivity index (χ2v) is 17.6. The van der Waals surface area contributed by atoms with Crippen molar-refractivity contribution < 1.29 is 52.8 Å². The molecule has 14 nitrogen and oxygen atoms in total. The molecular formula is C44H55N3O11. The van der Waals surface area contributed by atoms with Crippen molar-refractivity contribution >= 4 is 29.8 Å². The first-order chi connectivity index (χ1) is 27.8. The number of esters is 2. The highest BCUT2D eigenvalue weighted by Crippen LogP contribution is 2.56. The van der Waals surface area contributed by atoms with Gasteiger partial charge in [-0.25, -0.2) is 0 Å². The Balaban J connectivity index is 1.03. The molecule has 14 heteroatoms. The van der Waals surface area contributed by atoms with E-state index in [0.29, 0.717) is 18.1 Å². The number of nitrogens with one attached hydrogen (secondary N) is 1. The number of carbonyl (C=O) groups is 4. The molecule has 8 rings (SSSR count). The van der Waals surface area contributed by atoms with E-state index in [1.54, 1.807) is 32.9 Å². The van der Waals surface area contributed by atoms with Gasteiger partial charge in [0.1, 0.15) is 48.3 Å². The lowest BCUT2D eigenvalue weighted by atomic mass is 9.62. The fraction of sp³-hybridized carbons (Fsp3) is 0.591. The van der Waals surface area contributed by atoms with E-state index in [0.717, 1.165) is 36.0 Å². The van der Waals surface area contributed by atoms with E-state index in [-0.39, 0.29) is 39.0 Å². The number of hydrogen-bond donors (Lipinski definition) is 2. The molecule has 2 amide bonds. The zero-order chi connectivity index (χ0) is 40.8. The van der Waals surface area contributed by atoms with Crippen molar-refractivity contribution in [1.82, 2.24) is 15.3 Å². The first-order valence-corrected chi connectivity index (χ1v) is 20.6. The van der Waals surface area contributed by atoms with E-state index >= 15 is 4.79 Å². The van der Waals surface area contributed by atoms with Crippen LogP contribution in [-0.4, -0.2) is 120 Å². The van der Waals surface area contributed by atoms with Crippen LogP contribution in [0, 0.1) is 11.3 Å². The Morgan fingerprint density at radius 2 is 1.78 bits per heavy atom. The number of benzene rings is 2. The highest BCUT2D eigenvalue weighted by Gasteiger charge is 2.75. The van der Waals surface area contributed by atoms with Crippen LogP contribution in [0.25, 0.3) is 6.08 Å². The van der Waals surface area contributed by atoms with Crippen LogP contribution in [0.15, 0.2) is 60.7 Å². The Labute approximate surface area is 339 Å². The molecule has 4 aliphatic heterocycles. The molecule has 2 aromatic rings. The number of amides is 2. The third-order valence-electron chi connectivity index (χ3n) is 12.4. The zero-order valence-electron chi connectivity index (χ0n) is 33.6. The van der Waals surface area contributed by atoms with Crippen LogP contribution in [-0.2, 0) is 60.7 Å². The molecule has 2 N–H and O–H groups in total. The van der Waals surface area contributed by atoms with Crippen molar-refractivity contribution in [3.8, 4) is 0 Å². The fourth-order valence-electron chi connectivity index (χ4n) is 9.49. The number of aliphatic hydroxyl groups excluding tert-OH is 1. The summed E-state index contributed by atoms with van der Waals surface area (Å²) in [6.07, 6.45) is 5.97. The van der Waals surface area contributed by atoms with Crippen molar-refractivity contribution in [2.75, 3.05) is 20.4 Å².